The average Bonchev–Trinajstić information content (AvgIpc) is 2.60. The van der Waals surface area contributed by atoms with E-state index in [0.717, 1.165) is 5.56 Å². The number of terminal acetylenes is 1. The number of hydrogen-bond donors (Lipinski definition) is 2. The fourth-order valence-corrected chi connectivity index (χ4v) is 1.83. The summed E-state index contributed by atoms with van der Waals surface area (Å²) in [6, 6.07) is 15.7. The third-order valence-corrected chi connectivity index (χ3v) is 2.93. The Hall–Kier alpha value is -3.10. The second-order valence-electron chi connectivity index (χ2n) is 4.61. The van der Waals surface area contributed by atoms with Crippen LogP contribution in [0.1, 0.15) is 17.2 Å². The lowest BCUT2D eigenvalue weighted by Gasteiger charge is -2.08. The SMILES string of the molecule is C#CCOc1cccc(/C=N\NC(=O)[C@H](O)c2ccccc2)c1. The lowest BCUT2D eigenvalue weighted by Crippen LogP contribution is -2.25. The molecule has 1 atom stereocenters. The lowest BCUT2D eigenvalue weighted by atomic mass is 10.1. The van der Waals surface area contributed by atoms with Crippen LogP contribution in [-0.4, -0.2) is 23.8 Å². The second-order valence-corrected chi connectivity index (χ2v) is 4.61. The first-order valence-corrected chi connectivity index (χ1v) is 6.93. The number of hydrazone groups is 1. The maximum atomic E-state index is 11.8. The van der Waals surface area contributed by atoms with Crippen molar-refractivity contribution in [3.8, 4) is 18.1 Å². The van der Waals surface area contributed by atoms with Gasteiger partial charge in [0.15, 0.2) is 6.10 Å². The molecule has 0 bridgehead atoms. The first-order chi connectivity index (χ1) is 11.2. The van der Waals surface area contributed by atoms with E-state index in [-0.39, 0.29) is 6.61 Å². The zero-order valence-corrected chi connectivity index (χ0v) is 12.3. The van der Waals surface area contributed by atoms with Crippen molar-refractivity contribution >= 4 is 12.1 Å². The van der Waals surface area contributed by atoms with E-state index < -0.39 is 12.0 Å². The van der Waals surface area contributed by atoms with Crippen molar-refractivity contribution in [3.05, 3.63) is 65.7 Å². The van der Waals surface area contributed by atoms with Gasteiger partial charge in [0.1, 0.15) is 12.4 Å². The monoisotopic (exact) mass is 308 g/mol. The van der Waals surface area contributed by atoms with Gasteiger partial charge in [-0.1, -0.05) is 48.4 Å². The number of carbonyl (C=O) groups excluding carboxylic acids is 1. The molecule has 2 aromatic carbocycles. The molecule has 2 N–H and O–H groups in total. The molecule has 0 fully saturated rings. The van der Waals surface area contributed by atoms with E-state index in [0.29, 0.717) is 11.3 Å². The maximum Gasteiger partial charge on any atom is 0.273 e. The summed E-state index contributed by atoms with van der Waals surface area (Å²) in [7, 11) is 0. The number of ether oxygens (including phenoxy) is 1. The van der Waals surface area contributed by atoms with Crippen LogP contribution in [-0.2, 0) is 4.79 Å². The molecule has 5 nitrogen and oxygen atoms in total. The highest BCUT2D eigenvalue weighted by atomic mass is 16.5. The Bertz CT molecular complexity index is 721. The zero-order valence-electron chi connectivity index (χ0n) is 12.3. The Morgan fingerprint density at radius 1 is 1.30 bits per heavy atom. The zero-order chi connectivity index (χ0) is 16.5. The number of amides is 1. The predicted octanol–water partition coefficient (Wildman–Crippen LogP) is 1.88. The quantitative estimate of drug-likeness (QED) is 0.486. The Balaban J connectivity index is 1.93. The van der Waals surface area contributed by atoms with Gasteiger partial charge in [-0.2, -0.15) is 5.10 Å². The van der Waals surface area contributed by atoms with Crippen molar-refractivity contribution in [1.82, 2.24) is 5.43 Å². The lowest BCUT2D eigenvalue weighted by molar-refractivity contribution is -0.129. The van der Waals surface area contributed by atoms with Gasteiger partial charge in [-0.05, 0) is 23.3 Å². The number of nitrogens with one attached hydrogen (secondary N) is 1. The molecule has 0 saturated heterocycles. The van der Waals surface area contributed by atoms with E-state index in [1.165, 1.54) is 6.21 Å². The van der Waals surface area contributed by atoms with E-state index in [1.54, 1.807) is 48.5 Å². The number of nitrogens with zero attached hydrogens (tertiary/aromatic N) is 1. The van der Waals surface area contributed by atoms with Crippen LogP contribution in [0.5, 0.6) is 5.75 Å². The summed E-state index contributed by atoms with van der Waals surface area (Å²) in [6.45, 7) is 0.181. The van der Waals surface area contributed by atoms with Crippen LogP contribution in [0, 0.1) is 12.3 Å². The van der Waals surface area contributed by atoms with Gasteiger partial charge < -0.3 is 9.84 Å². The van der Waals surface area contributed by atoms with Crippen molar-refractivity contribution < 1.29 is 14.6 Å². The number of carbonyl (C=O) groups is 1. The summed E-state index contributed by atoms with van der Waals surface area (Å²) in [6.07, 6.45) is 5.32. The summed E-state index contributed by atoms with van der Waals surface area (Å²) in [4.78, 5) is 11.8. The van der Waals surface area contributed by atoms with Crippen LogP contribution in [0.25, 0.3) is 0 Å². The standard InChI is InChI=1S/C18H16N2O3/c1-2-11-23-16-10-6-7-14(12-16)13-19-20-18(22)17(21)15-8-4-3-5-9-15/h1,3-10,12-13,17,21H,11H2,(H,20,22)/b19-13-/t17-/m1/s1. The van der Waals surface area contributed by atoms with Gasteiger partial charge in [-0.25, -0.2) is 5.43 Å². The fraction of sp³-hybridized carbons (Fsp3) is 0.111. The highest BCUT2D eigenvalue weighted by Gasteiger charge is 2.15. The molecule has 2 aromatic rings. The van der Waals surface area contributed by atoms with Crippen LogP contribution in [0.2, 0.25) is 0 Å². The summed E-state index contributed by atoms with van der Waals surface area (Å²) in [5, 5.41) is 13.7. The molecule has 0 radical (unpaired) electrons. The number of rotatable bonds is 6. The highest BCUT2D eigenvalue weighted by molar-refractivity contribution is 5.85. The maximum absolute atomic E-state index is 11.8. The van der Waals surface area contributed by atoms with E-state index in [2.05, 4.69) is 16.4 Å². The average molecular weight is 308 g/mol. The van der Waals surface area contributed by atoms with Gasteiger partial charge >= 0.3 is 0 Å². The molecule has 0 aliphatic heterocycles. The summed E-state index contributed by atoms with van der Waals surface area (Å²) < 4.78 is 5.29. The molecule has 0 saturated carbocycles. The molecular weight excluding hydrogens is 292 g/mol. The normalized spacial score (nSPS) is 11.7. The molecular formula is C18H16N2O3. The van der Waals surface area contributed by atoms with Crippen molar-refractivity contribution in [2.45, 2.75) is 6.10 Å². The van der Waals surface area contributed by atoms with Gasteiger partial charge in [-0.3, -0.25) is 4.79 Å². The largest absolute Gasteiger partial charge is 0.481 e. The first kappa shape index (κ1) is 16.3. The van der Waals surface area contributed by atoms with Crippen LogP contribution >= 0.6 is 0 Å². The highest BCUT2D eigenvalue weighted by Crippen LogP contribution is 2.13. The Morgan fingerprint density at radius 3 is 2.83 bits per heavy atom. The molecule has 0 heterocycles. The summed E-state index contributed by atoms with van der Waals surface area (Å²) >= 11 is 0. The van der Waals surface area contributed by atoms with Gasteiger partial charge in [0.05, 0.1) is 6.21 Å². The molecule has 0 spiro atoms. The van der Waals surface area contributed by atoms with Crippen LogP contribution in [0.15, 0.2) is 59.7 Å². The van der Waals surface area contributed by atoms with E-state index in [1.807, 2.05) is 6.07 Å². The van der Waals surface area contributed by atoms with Crippen molar-refractivity contribution in [2.24, 2.45) is 5.10 Å². The molecule has 1 amide bonds. The van der Waals surface area contributed by atoms with Crippen LogP contribution < -0.4 is 10.2 Å². The third kappa shape index (κ3) is 4.99. The van der Waals surface area contributed by atoms with E-state index in [9.17, 15) is 9.90 Å². The van der Waals surface area contributed by atoms with Gasteiger partial charge in [0.2, 0.25) is 0 Å². The predicted molar refractivity (Wildman–Crippen MR) is 87.9 cm³/mol. The molecule has 2 rings (SSSR count). The third-order valence-electron chi connectivity index (χ3n) is 2.93. The minimum absolute atomic E-state index is 0.181. The van der Waals surface area contributed by atoms with Gasteiger partial charge in [-0.15, -0.1) is 6.42 Å². The van der Waals surface area contributed by atoms with Crippen LogP contribution in [0.3, 0.4) is 0 Å². The number of aliphatic hydroxyl groups is 1. The van der Waals surface area contributed by atoms with E-state index in [4.69, 9.17) is 11.2 Å². The number of hydrogen-bond acceptors (Lipinski definition) is 4. The minimum atomic E-state index is -1.27. The minimum Gasteiger partial charge on any atom is -0.481 e. The molecule has 0 unspecified atom stereocenters. The molecule has 0 aliphatic carbocycles. The summed E-state index contributed by atoms with van der Waals surface area (Å²) in [5.41, 5.74) is 3.53. The van der Waals surface area contributed by atoms with Crippen molar-refractivity contribution in [1.29, 1.82) is 0 Å². The number of aliphatic hydroxyl groups excluding tert-OH is 1. The Kier molecular flexibility index (Phi) is 5.92. The van der Waals surface area contributed by atoms with Crippen molar-refractivity contribution in [2.75, 3.05) is 6.61 Å². The summed E-state index contributed by atoms with van der Waals surface area (Å²) in [5.74, 6) is 2.39. The van der Waals surface area contributed by atoms with Gasteiger partial charge in [0.25, 0.3) is 5.91 Å². The van der Waals surface area contributed by atoms with E-state index >= 15 is 0 Å². The molecule has 116 valence electrons. The van der Waals surface area contributed by atoms with Crippen LogP contribution in [0.4, 0.5) is 0 Å². The molecule has 0 aromatic heterocycles. The van der Waals surface area contributed by atoms with Gasteiger partial charge in [0, 0.05) is 0 Å². The molecule has 23 heavy (non-hydrogen) atoms. The first-order valence-electron chi connectivity index (χ1n) is 6.93. The number of benzene rings is 2. The molecule has 0 aliphatic rings. The topological polar surface area (TPSA) is 70.9 Å². The van der Waals surface area contributed by atoms with Crippen molar-refractivity contribution in [3.63, 3.8) is 0 Å². The molecule has 5 heteroatoms. The Morgan fingerprint density at radius 2 is 2.09 bits per heavy atom. The second kappa shape index (κ2) is 8.37. The fourth-order valence-electron chi connectivity index (χ4n) is 1.83. The smallest absolute Gasteiger partial charge is 0.273 e. The Labute approximate surface area is 134 Å².